The van der Waals surface area contributed by atoms with E-state index in [0.717, 1.165) is 5.69 Å². The number of hydrogen-bond acceptors (Lipinski definition) is 6. The summed E-state index contributed by atoms with van der Waals surface area (Å²) in [7, 11) is 0. The highest BCUT2D eigenvalue weighted by Gasteiger charge is 2.07. The third-order valence-electron chi connectivity index (χ3n) is 2.74. The van der Waals surface area contributed by atoms with E-state index in [1.54, 1.807) is 17.7 Å². The van der Waals surface area contributed by atoms with Crippen molar-refractivity contribution in [2.45, 2.75) is 46.3 Å². The number of hydrogen-bond donors (Lipinski definition) is 2. The molecule has 1 amide bonds. The molecule has 2 rings (SSSR count). The predicted molar refractivity (Wildman–Crippen MR) is 76.5 cm³/mol. The molecule has 0 aliphatic carbocycles. The minimum absolute atomic E-state index is 0.138. The van der Waals surface area contributed by atoms with Gasteiger partial charge >= 0.3 is 0 Å². The van der Waals surface area contributed by atoms with E-state index in [9.17, 15) is 4.79 Å². The molecule has 0 spiro atoms. The lowest BCUT2D eigenvalue weighted by Gasteiger charge is -2.04. The van der Waals surface area contributed by atoms with Crippen LogP contribution >= 0.6 is 0 Å². The molecule has 8 nitrogen and oxygen atoms in total. The summed E-state index contributed by atoms with van der Waals surface area (Å²) in [5.41, 5.74) is 0.858. The molecule has 0 atom stereocenters. The van der Waals surface area contributed by atoms with E-state index in [0.29, 0.717) is 37.1 Å². The number of amides is 1. The van der Waals surface area contributed by atoms with Gasteiger partial charge in [-0.2, -0.15) is 0 Å². The van der Waals surface area contributed by atoms with Crippen LogP contribution in [0.1, 0.15) is 31.7 Å². The Bertz CT molecular complexity index is 589. The smallest absolute Gasteiger partial charge is 0.227 e. The maximum absolute atomic E-state index is 11.8. The average molecular weight is 292 g/mol. The Labute approximate surface area is 122 Å². The van der Waals surface area contributed by atoms with Gasteiger partial charge in [-0.3, -0.25) is 9.48 Å². The first-order valence-corrected chi connectivity index (χ1v) is 6.88. The van der Waals surface area contributed by atoms with Gasteiger partial charge in [0.1, 0.15) is 5.76 Å². The summed E-state index contributed by atoms with van der Waals surface area (Å²) >= 11 is 0. The number of aryl methyl sites for hydroxylation is 2. The zero-order chi connectivity index (χ0) is 15.2. The molecule has 21 heavy (non-hydrogen) atoms. The molecule has 0 unspecified atom stereocenters. The van der Waals surface area contributed by atoms with Crippen molar-refractivity contribution in [1.82, 2.24) is 25.5 Å². The predicted octanol–water partition coefficient (Wildman–Crippen LogP) is 1.10. The van der Waals surface area contributed by atoms with Gasteiger partial charge in [-0.05, 0) is 6.92 Å². The molecule has 8 heteroatoms. The third-order valence-corrected chi connectivity index (χ3v) is 2.74. The lowest BCUT2D eigenvalue weighted by molar-refractivity contribution is -0.116. The standard InChI is InChI=1S/C13H20N6O2/c1-9(2)14-7-11-8-19(18-16-11)5-4-13(20)15-12-6-10(3)21-17-12/h6,8-9,14H,4-5,7H2,1-3H3,(H,15,17,20). The lowest BCUT2D eigenvalue weighted by Crippen LogP contribution is -2.21. The van der Waals surface area contributed by atoms with Gasteiger partial charge in [0, 0.05) is 31.3 Å². The van der Waals surface area contributed by atoms with Crippen LogP contribution in [0.2, 0.25) is 0 Å². The van der Waals surface area contributed by atoms with E-state index >= 15 is 0 Å². The molecular weight excluding hydrogens is 272 g/mol. The molecule has 114 valence electrons. The van der Waals surface area contributed by atoms with Crippen molar-refractivity contribution < 1.29 is 9.32 Å². The molecule has 0 saturated carbocycles. The van der Waals surface area contributed by atoms with E-state index in [-0.39, 0.29) is 5.91 Å². The SMILES string of the molecule is Cc1cc(NC(=O)CCn2cc(CNC(C)C)nn2)no1. The monoisotopic (exact) mass is 292 g/mol. The van der Waals surface area contributed by atoms with Crippen LogP contribution in [0.15, 0.2) is 16.8 Å². The molecule has 0 aliphatic heterocycles. The second-order valence-corrected chi connectivity index (χ2v) is 5.13. The van der Waals surface area contributed by atoms with Crippen molar-refractivity contribution in [3.63, 3.8) is 0 Å². The van der Waals surface area contributed by atoms with E-state index in [2.05, 4.69) is 39.9 Å². The van der Waals surface area contributed by atoms with Crippen molar-refractivity contribution in [3.05, 3.63) is 23.7 Å². The Morgan fingerprint density at radius 3 is 2.95 bits per heavy atom. The number of nitrogens with one attached hydrogen (secondary N) is 2. The second kappa shape index (κ2) is 6.98. The number of carbonyl (C=O) groups is 1. The highest BCUT2D eigenvalue weighted by atomic mass is 16.5. The highest BCUT2D eigenvalue weighted by Crippen LogP contribution is 2.07. The van der Waals surface area contributed by atoms with Gasteiger partial charge in [0.05, 0.1) is 12.2 Å². The van der Waals surface area contributed by atoms with Gasteiger partial charge in [-0.15, -0.1) is 5.10 Å². The zero-order valence-electron chi connectivity index (χ0n) is 12.5. The second-order valence-electron chi connectivity index (χ2n) is 5.13. The summed E-state index contributed by atoms with van der Waals surface area (Å²) in [6, 6.07) is 2.06. The summed E-state index contributed by atoms with van der Waals surface area (Å²) in [5, 5.41) is 17.7. The van der Waals surface area contributed by atoms with Crippen LogP contribution in [0.4, 0.5) is 5.82 Å². The van der Waals surface area contributed by atoms with Crippen LogP contribution in [0, 0.1) is 6.92 Å². The van der Waals surface area contributed by atoms with E-state index in [4.69, 9.17) is 4.52 Å². The fourth-order valence-electron chi connectivity index (χ4n) is 1.68. The number of aromatic nitrogens is 4. The van der Waals surface area contributed by atoms with Crippen molar-refractivity contribution in [3.8, 4) is 0 Å². The molecule has 2 aromatic heterocycles. The first-order chi connectivity index (χ1) is 10.0. The first-order valence-electron chi connectivity index (χ1n) is 6.88. The Kier molecular flexibility index (Phi) is 5.04. The Morgan fingerprint density at radius 1 is 1.48 bits per heavy atom. The summed E-state index contributed by atoms with van der Waals surface area (Å²) in [5.74, 6) is 0.947. The van der Waals surface area contributed by atoms with Crippen LogP contribution in [-0.4, -0.2) is 32.1 Å². The molecule has 0 radical (unpaired) electrons. The Balaban J connectivity index is 1.76. The summed E-state index contributed by atoms with van der Waals surface area (Å²) in [6.07, 6.45) is 2.13. The maximum atomic E-state index is 11.8. The topological polar surface area (TPSA) is 97.9 Å². The minimum Gasteiger partial charge on any atom is -0.360 e. The normalized spacial score (nSPS) is 11.0. The molecule has 2 aromatic rings. The van der Waals surface area contributed by atoms with Crippen molar-refractivity contribution in [1.29, 1.82) is 0 Å². The zero-order valence-corrected chi connectivity index (χ0v) is 12.5. The number of carbonyl (C=O) groups excluding carboxylic acids is 1. The maximum Gasteiger partial charge on any atom is 0.227 e. The fourth-order valence-corrected chi connectivity index (χ4v) is 1.68. The number of nitrogens with zero attached hydrogens (tertiary/aromatic N) is 4. The van der Waals surface area contributed by atoms with Crippen molar-refractivity contribution >= 4 is 11.7 Å². The Morgan fingerprint density at radius 2 is 2.29 bits per heavy atom. The molecule has 0 aromatic carbocycles. The van der Waals surface area contributed by atoms with Crippen LogP contribution < -0.4 is 10.6 Å². The average Bonchev–Trinajstić information content (AvgIpc) is 3.03. The minimum atomic E-state index is -0.138. The van der Waals surface area contributed by atoms with Gasteiger partial charge in [-0.1, -0.05) is 24.2 Å². The molecule has 0 aliphatic rings. The Hall–Kier alpha value is -2.22. The van der Waals surface area contributed by atoms with Crippen LogP contribution in [-0.2, 0) is 17.9 Å². The summed E-state index contributed by atoms with van der Waals surface area (Å²) in [4.78, 5) is 11.8. The van der Waals surface area contributed by atoms with E-state index in [1.807, 2.05) is 6.20 Å². The lowest BCUT2D eigenvalue weighted by atomic mass is 10.3. The first kappa shape index (κ1) is 15.2. The molecule has 0 fully saturated rings. The highest BCUT2D eigenvalue weighted by molar-refractivity contribution is 5.89. The van der Waals surface area contributed by atoms with E-state index in [1.165, 1.54) is 0 Å². The van der Waals surface area contributed by atoms with Crippen LogP contribution in [0.5, 0.6) is 0 Å². The molecule has 2 N–H and O–H groups in total. The van der Waals surface area contributed by atoms with Gasteiger partial charge in [-0.25, -0.2) is 0 Å². The molecule has 2 heterocycles. The van der Waals surface area contributed by atoms with Gasteiger partial charge in [0.15, 0.2) is 5.82 Å². The fraction of sp³-hybridized carbons (Fsp3) is 0.538. The summed E-state index contributed by atoms with van der Waals surface area (Å²) in [6.45, 7) is 7.05. The van der Waals surface area contributed by atoms with Crippen molar-refractivity contribution in [2.24, 2.45) is 0 Å². The third kappa shape index (κ3) is 4.99. The number of anilines is 1. The molecule has 0 saturated heterocycles. The van der Waals surface area contributed by atoms with Gasteiger partial charge in [0.2, 0.25) is 5.91 Å². The summed E-state index contributed by atoms with van der Waals surface area (Å²) < 4.78 is 6.54. The van der Waals surface area contributed by atoms with Crippen molar-refractivity contribution in [2.75, 3.05) is 5.32 Å². The largest absolute Gasteiger partial charge is 0.360 e. The quantitative estimate of drug-likeness (QED) is 0.793. The number of rotatable bonds is 7. The van der Waals surface area contributed by atoms with E-state index < -0.39 is 0 Å². The molecule has 0 bridgehead atoms. The van der Waals surface area contributed by atoms with Crippen LogP contribution in [0.3, 0.4) is 0 Å². The van der Waals surface area contributed by atoms with Crippen LogP contribution in [0.25, 0.3) is 0 Å². The van der Waals surface area contributed by atoms with Gasteiger partial charge in [0.25, 0.3) is 0 Å². The molecular formula is C13H20N6O2. The van der Waals surface area contributed by atoms with Gasteiger partial charge < -0.3 is 15.2 Å².